The highest BCUT2D eigenvalue weighted by Gasteiger charge is 2.20. The maximum absolute atomic E-state index is 11.9. The normalized spacial score (nSPS) is 12.1. The van der Waals surface area contributed by atoms with Gasteiger partial charge in [0, 0.05) is 33.0 Å². The second-order valence-electron chi connectivity index (χ2n) is 5.24. The Bertz CT molecular complexity index is 912. The molecule has 0 aliphatic heterocycles. The topological polar surface area (TPSA) is 63.9 Å². The van der Waals surface area contributed by atoms with E-state index in [9.17, 15) is 9.00 Å². The highest BCUT2D eigenvalue weighted by atomic mass is 32.2. The minimum Gasteiger partial charge on any atom is -0.452 e. The van der Waals surface area contributed by atoms with Crippen molar-refractivity contribution in [3.63, 3.8) is 0 Å². The summed E-state index contributed by atoms with van der Waals surface area (Å²) in [6.07, 6.45) is 4.62. The predicted molar refractivity (Wildman–Crippen MR) is 99.6 cm³/mol. The maximum atomic E-state index is 11.9. The Balaban J connectivity index is 1.91. The molecule has 3 aromatic rings. The molecule has 3 rings (SSSR count). The molecule has 0 radical (unpaired) electrons. The third-order valence-corrected chi connectivity index (χ3v) is 4.98. The summed E-state index contributed by atoms with van der Waals surface area (Å²) in [4.78, 5) is 19.8. The zero-order valence-corrected chi connectivity index (χ0v) is 15.4. The third kappa shape index (κ3) is 4.21. The van der Waals surface area contributed by atoms with E-state index >= 15 is 0 Å². The SMILES string of the molecule is COC(=O)N(CS(C)=O)c1cn2cc(Sc3ccccc3)ccc2n1. The summed E-state index contributed by atoms with van der Waals surface area (Å²) < 4.78 is 18.2. The molecule has 0 fully saturated rings. The summed E-state index contributed by atoms with van der Waals surface area (Å²) in [6.45, 7) is 0. The number of carbonyl (C=O) groups is 1. The Kier molecular flexibility index (Phi) is 5.40. The van der Waals surface area contributed by atoms with Crippen molar-refractivity contribution in [3.05, 3.63) is 54.9 Å². The summed E-state index contributed by atoms with van der Waals surface area (Å²) in [7, 11) is 0.0908. The molecule has 2 aromatic heterocycles. The van der Waals surface area contributed by atoms with Crippen LogP contribution in [0.3, 0.4) is 0 Å². The van der Waals surface area contributed by atoms with Crippen LogP contribution >= 0.6 is 11.8 Å². The number of fused-ring (bicyclic) bond motifs is 1. The molecule has 1 atom stereocenters. The van der Waals surface area contributed by atoms with Gasteiger partial charge in [-0.15, -0.1) is 0 Å². The molecule has 1 unspecified atom stereocenters. The lowest BCUT2D eigenvalue weighted by Crippen LogP contribution is -2.33. The van der Waals surface area contributed by atoms with Gasteiger partial charge in [-0.3, -0.25) is 4.21 Å². The highest BCUT2D eigenvalue weighted by Crippen LogP contribution is 2.28. The second-order valence-corrected chi connectivity index (χ2v) is 7.80. The average Bonchev–Trinajstić information content (AvgIpc) is 3.02. The lowest BCUT2D eigenvalue weighted by Gasteiger charge is -2.16. The van der Waals surface area contributed by atoms with Crippen LogP contribution in [0.2, 0.25) is 0 Å². The third-order valence-electron chi connectivity index (χ3n) is 3.37. The number of hydrogen-bond donors (Lipinski definition) is 0. The van der Waals surface area contributed by atoms with Gasteiger partial charge in [0.05, 0.1) is 13.3 Å². The number of rotatable bonds is 5. The van der Waals surface area contributed by atoms with Gasteiger partial charge in [-0.25, -0.2) is 14.7 Å². The largest absolute Gasteiger partial charge is 0.452 e. The van der Waals surface area contributed by atoms with Crippen molar-refractivity contribution in [2.45, 2.75) is 9.79 Å². The second kappa shape index (κ2) is 7.71. The van der Waals surface area contributed by atoms with E-state index in [4.69, 9.17) is 4.74 Å². The fraction of sp³-hybridized carbons (Fsp3) is 0.176. The molecule has 1 aromatic carbocycles. The molecule has 8 heteroatoms. The van der Waals surface area contributed by atoms with Gasteiger partial charge in [-0.2, -0.15) is 0 Å². The van der Waals surface area contributed by atoms with Crippen LogP contribution < -0.4 is 4.90 Å². The quantitative estimate of drug-likeness (QED) is 0.684. The molecule has 2 heterocycles. The summed E-state index contributed by atoms with van der Waals surface area (Å²) >= 11 is 1.64. The standard InChI is InChI=1S/C17H17N3O3S2/c1-23-17(21)20(12-25(2)22)16-11-19-10-14(8-9-15(19)18-16)24-13-6-4-3-5-7-13/h3-11H,12H2,1-2H3. The first-order valence-corrected chi connectivity index (χ1v) is 9.98. The Labute approximate surface area is 152 Å². The number of nitrogens with zero attached hydrogens (tertiary/aromatic N) is 3. The van der Waals surface area contributed by atoms with Gasteiger partial charge in [-0.05, 0) is 24.3 Å². The van der Waals surface area contributed by atoms with E-state index in [1.807, 2.05) is 53.1 Å². The van der Waals surface area contributed by atoms with Crippen molar-refractivity contribution in [3.8, 4) is 0 Å². The number of amides is 1. The van der Waals surface area contributed by atoms with E-state index in [0.717, 1.165) is 9.79 Å². The maximum Gasteiger partial charge on any atom is 0.416 e. The molecular formula is C17H17N3O3S2. The van der Waals surface area contributed by atoms with Crippen LogP contribution in [0.4, 0.5) is 10.6 Å². The predicted octanol–water partition coefficient (Wildman–Crippen LogP) is 3.39. The summed E-state index contributed by atoms with van der Waals surface area (Å²) in [5, 5.41) is 0. The van der Waals surface area contributed by atoms with Gasteiger partial charge in [0.1, 0.15) is 11.5 Å². The van der Waals surface area contributed by atoms with Gasteiger partial charge >= 0.3 is 6.09 Å². The molecule has 6 nitrogen and oxygen atoms in total. The van der Waals surface area contributed by atoms with Crippen LogP contribution in [-0.2, 0) is 15.5 Å². The van der Waals surface area contributed by atoms with Gasteiger partial charge in [0.15, 0.2) is 5.82 Å². The number of methoxy groups -OCH3 is 1. The first kappa shape index (κ1) is 17.5. The van der Waals surface area contributed by atoms with Crippen LogP contribution in [0.25, 0.3) is 5.65 Å². The van der Waals surface area contributed by atoms with Crippen LogP contribution in [0, 0.1) is 0 Å². The number of benzene rings is 1. The van der Waals surface area contributed by atoms with E-state index in [2.05, 4.69) is 4.98 Å². The number of carbonyl (C=O) groups excluding carboxylic acids is 1. The highest BCUT2D eigenvalue weighted by molar-refractivity contribution is 7.99. The molecule has 0 aliphatic rings. The Morgan fingerprint density at radius 3 is 2.64 bits per heavy atom. The molecule has 0 aliphatic carbocycles. The number of anilines is 1. The molecule has 0 N–H and O–H groups in total. The summed E-state index contributed by atoms with van der Waals surface area (Å²) in [5.74, 6) is 0.436. The zero-order valence-electron chi connectivity index (χ0n) is 13.8. The average molecular weight is 375 g/mol. The molecule has 0 bridgehead atoms. The fourth-order valence-corrected chi connectivity index (χ4v) is 3.75. The van der Waals surface area contributed by atoms with Crippen LogP contribution in [0.5, 0.6) is 0 Å². The van der Waals surface area contributed by atoms with Crippen molar-refractivity contribution < 1.29 is 13.7 Å². The Morgan fingerprint density at radius 2 is 1.96 bits per heavy atom. The van der Waals surface area contributed by atoms with Crippen LogP contribution in [-0.4, -0.2) is 38.9 Å². The summed E-state index contributed by atoms with van der Waals surface area (Å²) in [5.41, 5.74) is 0.697. The van der Waals surface area contributed by atoms with Gasteiger partial charge < -0.3 is 9.14 Å². The Morgan fingerprint density at radius 1 is 1.20 bits per heavy atom. The van der Waals surface area contributed by atoms with Crippen molar-refractivity contribution in [1.29, 1.82) is 0 Å². The van der Waals surface area contributed by atoms with Gasteiger partial charge in [-0.1, -0.05) is 30.0 Å². The van der Waals surface area contributed by atoms with Crippen molar-refractivity contribution in [2.75, 3.05) is 24.1 Å². The van der Waals surface area contributed by atoms with Gasteiger partial charge in [0.25, 0.3) is 0 Å². The number of imidazole rings is 1. The molecule has 25 heavy (non-hydrogen) atoms. The van der Waals surface area contributed by atoms with E-state index in [1.54, 1.807) is 18.0 Å². The van der Waals surface area contributed by atoms with Crippen molar-refractivity contribution in [1.82, 2.24) is 9.38 Å². The first-order chi connectivity index (χ1) is 12.1. The molecule has 0 saturated carbocycles. The minimum absolute atomic E-state index is 0.0299. The fourth-order valence-electron chi connectivity index (χ4n) is 2.28. The monoisotopic (exact) mass is 375 g/mol. The lowest BCUT2D eigenvalue weighted by molar-refractivity contribution is 0.179. The number of hydrogen-bond acceptors (Lipinski definition) is 5. The van der Waals surface area contributed by atoms with Crippen LogP contribution in [0.1, 0.15) is 0 Å². The van der Waals surface area contributed by atoms with E-state index < -0.39 is 16.9 Å². The van der Waals surface area contributed by atoms with E-state index in [0.29, 0.717) is 11.5 Å². The van der Waals surface area contributed by atoms with E-state index in [1.165, 1.54) is 18.3 Å². The molecule has 0 saturated heterocycles. The Hall–Kier alpha value is -2.32. The zero-order chi connectivity index (χ0) is 17.8. The minimum atomic E-state index is -1.20. The number of aromatic nitrogens is 2. The lowest BCUT2D eigenvalue weighted by atomic mass is 10.4. The van der Waals surface area contributed by atoms with Crippen molar-refractivity contribution in [2.24, 2.45) is 0 Å². The molecular weight excluding hydrogens is 358 g/mol. The van der Waals surface area contributed by atoms with Gasteiger partial charge in [0.2, 0.25) is 0 Å². The summed E-state index contributed by atoms with van der Waals surface area (Å²) in [6, 6.07) is 13.9. The van der Waals surface area contributed by atoms with E-state index in [-0.39, 0.29) is 5.88 Å². The van der Waals surface area contributed by atoms with Crippen LogP contribution in [0.15, 0.2) is 64.6 Å². The first-order valence-electron chi connectivity index (χ1n) is 7.44. The number of pyridine rings is 1. The van der Waals surface area contributed by atoms with Crippen molar-refractivity contribution >= 4 is 40.1 Å². The molecule has 130 valence electrons. The molecule has 0 spiro atoms. The number of ether oxygens (including phenoxy) is 1. The molecule has 1 amide bonds. The smallest absolute Gasteiger partial charge is 0.416 e.